The second-order valence-electron chi connectivity index (χ2n) is 6.72. The number of thioether (sulfide) groups is 1. The summed E-state index contributed by atoms with van der Waals surface area (Å²) in [5.74, 6) is 0.230. The van der Waals surface area contributed by atoms with Crippen molar-refractivity contribution in [3.8, 4) is 0 Å². The van der Waals surface area contributed by atoms with E-state index in [4.69, 9.17) is 0 Å². The van der Waals surface area contributed by atoms with E-state index in [0.29, 0.717) is 18.2 Å². The van der Waals surface area contributed by atoms with Crippen molar-refractivity contribution in [1.82, 2.24) is 19.7 Å². The minimum Gasteiger partial charge on any atom is -0.341 e. The molecule has 0 aliphatic carbocycles. The molecule has 0 saturated heterocycles. The summed E-state index contributed by atoms with van der Waals surface area (Å²) in [6, 6.07) is 18.1. The second-order valence-corrected chi connectivity index (χ2v) is 7.67. The van der Waals surface area contributed by atoms with Gasteiger partial charge in [0, 0.05) is 20.1 Å². The Morgan fingerprint density at radius 3 is 2.54 bits per heavy atom. The Balaban J connectivity index is 1.55. The Labute approximate surface area is 168 Å². The van der Waals surface area contributed by atoms with Crippen molar-refractivity contribution in [3.05, 3.63) is 81.8 Å². The molecule has 0 aliphatic rings. The van der Waals surface area contributed by atoms with Gasteiger partial charge in [0.05, 0.1) is 5.75 Å². The Morgan fingerprint density at radius 2 is 1.82 bits per heavy atom. The van der Waals surface area contributed by atoms with Gasteiger partial charge in [0.25, 0.3) is 0 Å². The van der Waals surface area contributed by atoms with Crippen LogP contribution >= 0.6 is 11.8 Å². The molecule has 1 aromatic heterocycles. The smallest absolute Gasteiger partial charge is 0.341 e. The van der Waals surface area contributed by atoms with Crippen LogP contribution in [0.5, 0.6) is 0 Å². The normalized spacial score (nSPS) is 10.8. The lowest BCUT2D eigenvalue weighted by molar-refractivity contribution is -0.127. The first-order valence-electron chi connectivity index (χ1n) is 9.14. The van der Waals surface area contributed by atoms with Crippen molar-refractivity contribution in [2.45, 2.75) is 31.6 Å². The first-order chi connectivity index (χ1) is 13.5. The summed E-state index contributed by atoms with van der Waals surface area (Å²) in [5, 5.41) is 7.09. The van der Waals surface area contributed by atoms with Crippen LogP contribution in [0, 0.1) is 6.92 Å². The molecule has 0 spiro atoms. The summed E-state index contributed by atoms with van der Waals surface area (Å²) >= 11 is 1.28. The third kappa shape index (κ3) is 5.36. The molecule has 6 nitrogen and oxygen atoms in total. The average Bonchev–Trinajstić information content (AvgIpc) is 3.06. The first-order valence-corrected chi connectivity index (χ1v) is 10.1. The highest BCUT2D eigenvalue weighted by Crippen LogP contribution is 2.15. The van der Waals surface area contributed by atoms with E-state index < -0.39 is 0 Å². The first kappa shape index (κ1) is 19.9. The predicted molar refractivity (Wildman–Crippen MR) is 111 cm³/mol. The van der Waals surface area contributed by atoms with Crippen molar-refractivity contribution < 1.29 is 4.79 Å². The second kappa shape index (κ2) is 9.41. The van der Waals surface area contributed by atoms with E-state index in [2.05, 4.69) is 10.2 Å². The van der Waals surface area contributed by atoms with Gasteiger partial charge in [-0.25, -0.2) is 9.89 Å². The molecule has 0 aliphatic heterocycles. The summed E-state index contributed by atoms with van der Waals surface area (Å²) in [6.07, 6.45) is 0.731. The van der Waals surface area contributed by atoms with Crippen LogP contribution in [0.15, 0.2) is 64.5 Å². The lowest BCUT2D eigenvalue weighted by Gasteiger charge is -2.17. The van der Waals surface area contributed by atoms with Gasteiger partial charge in [-0.3, -0.25) is 9.36 Å². The monoisotopic (exact) mass is 396 g/mol. The van der Waals surface area contributed by atoms with Gasteiger partial charge in [-0.15, -0.1) is 5.10 Å². The van der Waals surface area contributed by atoms with Crippen molar-refractivity contribution in [1.29, 1.82) is 0 Å². The minimum absolute atomic E-state index is 0.00404. The van der Waals surface area contributed by atoms with E-state index in [9.17, 15) is 9.59 Å². The third-order valence-corrected chi connectivity index (χ3v) is 5.44. The number of amides is 1. The number of hydrogen-bond donors (Lipinski definition) is 1. The Hall–Kier alpha value is -2.80. The summed E-state index contributed by atoms with van der Waals surface area (Å²) < 4.78 is 1.59. The van der Waals surface area contributed by atoms with Crippen LogP contribution in [0.25, 0.3) is 0 Å². The largest absolute Gasteiger partial charge is 0.343 e. The van der Waals surface area contributed by atoms with Crippen LogP contribution in [0.1, 0.15) is 16.7 Å². The van der Waals surface area contributed by atoms with Gasteiger partial charge in [-0.1, -0.05) is 71.9 Å². The zero-order valence-electron chi connectivity index (χ0n) is 16.1. The lowest BCUT2D eigenvalue weighted by Crippen LogP contribution is -2.28. The van der Waals surface area contributed by atoms with Crippen LogP contribution in [-0.2, 0) is 24.3 Å². The molecule has 7 heteroatoms. The summed E-state index contributed by atoms with van der Waals surface area (Å²) in [6.45, 7) is 3.12. The third-order valence-electron chi connectivity index (χ3n) is 4.48. The molecule has 1 amide bonds. The number of aryl methyl sites for hydroxylation is 2. The lowest BCUT2D eigenvalue weighted by atomic mass is 10.1. The number of nitrogens with zero attached hydrogens (tertiary/aromatic N) is 3. The number of aromatic nitrogens is 3. The van der Waals surface area contributed by atoms with Gasteiger partial charge in [0.1, 0.15) is 0 Å². The molecule has 3 aromatic rings. The predicted octanol–water partition coefficient (Wildman–Crippen LogP) is 2.87. The van der Waals surface area contributed by atoms with E-state index in [0.717, 1.165) is 17.5 Å². The molecule has 146 valence electrons. The summed E-state index contributed by atoms with van der Waals surface area (Å²) in [7, 11) is 1.79. The Morgan fingerprint density at radius 1 is 1.11 bits per heavy atom. The van der Waals surface area contributed by atoms with Crippen LogP contribution in [0.2, 0.25) is 0 Å². The molecule has 0 unspecified atom stereocenters. The van der Waals surface area contributed by atoms with Crippen LogP contribution in [0.3, 0.4) is 0 Å². The quantitative estimate of drug-likeness (QED) is 0.595. The fourth-order valence-electron chi connectivity index (χ4n) is 2.79. The molecule has 1 heterocycles. The number of benzene rings is 2. The van der Waals surface area contributed by atoms with E-state index in [1.54, 1.807) is 16.5 Å². The number of nitrogens with one attached hydrogen (secondary N) is 1. The molecule has 0 fully saturated rings. The van der Waals surface area contributed by atoms with Gasteiger partial charge >= 0.3 is 5.69 Å². The van der Waals surface area contributed by atoms with E-state index >= 15 is 0 Å². The van der Waals surface area contributed by atoms with E-state index in [1.807, 2.05) is 61.5 Å². The number of aromatic amines is 1. The molecule has 0 bridgehead atoms. The molecular weight excluding hydrogens is 372 g/mol. The van der Waals surface area contributed by atoms with Crippen molar-refractivity contribution in [3.63, 3.8) is 0 Å². The maximum atomic E-state index is 12.5. The molecule has 0 radical (unpaired) electrons. The van der Waals surface area contributed by atoms with E-state index in [-0.39, 0.29) is 17.3 Å². The summed E-state index contributed by atoms with van der Waals surface area (Å²) in [4.78, 5) is 26.2. The van der Waals surface area contributed by atoms with Crippen molar-refractivity contribution in [2.24, 2.45) is 0 Å². The molecule has 2 aromatic carbocycles. The van der Waals surface area contributed by atoms with Crippen molar-refractivity contribution in [2.75, 3.05) is 12.8 Å². The number of carbonyl (C=O) groups is 1. The topological polar surface area (TPSA) is 71.0 Å². The molecule has 1 N–H and O–H groups in total. The van der Waals surface area contributed by atoms with Crippen LogP contribution in [0.4, 0.5) is 0 Å². The minimum atomic E-state index is -0.251. The highest BCUT2D eigenvalue weighted by molar-refractivity contribution is 7.99. The standard InChI is InChI=1S/C21H24N4O2S/c1-16-8-10-18(11-9-16)14-24(2)19(26)15-28-21-23-22-20(27)25(21)13-12-17-6-4-3-5-7-17/h3-11H,12-15H2,1-2H3,(H,22,27). The van der Waals surface area contributed by atoms with Crippen LogP contribution in [-0.4, -0.2) is 38.4 Å². The number of H-pyrrole nitrogens is 1. The van der Waals surface area contributed by atoms with Gasteiger partial charge in [0.15, 0.2) is 5.16 Å². The van der Waals surface area contributed by atoms with Crippen molar-refractivity contribution >= 4 is 17.7 Å². The van der Waals surface area contributed by atoms with Gasteiger partial charge in [-0.2, -0.15) is 0 Å². The highest BCUT2D eigenvalue weighted by Gasteiger charge is 2.14. The summed E-state index contributed by atoms with van der Waals surface area (Å²) in [5.41, 5.74) is 3.19. The number of hydrogen-bond acceptors (Lipinski definition) is 4. The Bertz CT molecular complexity index is 964. The molecule has 28 heavy (non-hydrogen) atoms. The molecule has 0 saturated carbocycles. The zero-order chi connectivity index (χ0) is 19.9. The maximum Gasteiger partial charge on any atom is 0.343 e. The fourth-order valence-corrected chi connectivity index (χ4v) is 3.70. The number of carbonyl (C=O) groups excluding carboxylic acids is 1. The van der Waals surface area contributed by atoms with E-state index in [1.165, 1.54) is 17.3 Å². The fraction of sp³-hybridized carbons (Fsp3) is 0.286. The molecule has 3 rings (SSSR count). The highest BCUT2D eigenvalue weighted by atomic mass is 32.2. The van der Waals surface area contributed by atoms with Crippen LogP contribution < -0.4 is 5.69 Å². The zero-order valence-corrected chi connectivity index (χ0v) is 16.9. The van der Waals surface area contributed by atoms with Gasteiger partial charge < -0.3 is 4.90 Å². The number of rotatable bonds is 8. The van der Waals surface area contributed by atoms with Gasteiger partial charge in [0.2, 0.25) is 5.91 Å². The SMILES string of the molecule is Cc1ccc(CN(C)C(=O)CSc2n[nH]c(=O)n2CCc2ccccc2)cc1. The average molecular weight is 397 g/mol. The molecule has 0 atom stereocenters. The maximum absolute atomic E-state index is 12.5. The van der Waals surface area contributed by atoms with Gasteiger partial charge in [-0.05, 0) is 24.5 Å². The molecular formula is C21H24N4O2S. The Kier molecular flexibility index (Phi) is 6.71.